The molecule has 0 aromatic carbocycles. The van der Waals surface area contributed by atoms with Crippen LogP contribution in [0.15, 0.2) is 0 Å². The second kappa shape index (κ2) is 4.53. The lowest BCUT2D eigenvalue weighted by atomic mass is 10.1. The molecule has 0 saturated heterocycles. The zero-order valence-corrected chi connectivity index (χ0v) is 10.5. The van der Waals surface area contributed by atoms with E-state index in [1.54, 1.807) is 20.1 Å². The first-order chi connectivity index (χ1) is 7.28. The van der Waals surface area contributed by atoms with Crippen molar-refractivity contribution >= 4 is 22.7 Å². The van der Waals surface area contributed by atoms with Crippen molar-refractivity contribution in [3.8, 4) is 0 Å². The third-order valence-corrected chi connectivity index (χ3v) is 3.84. The van der Waals surface area contributed by atoms with E-state index in [1.165, 1.54) is 0 Å². The molecule has 1 amide bonds. The fraction of sp³-hybridized carbons (Fsp3) is 0.800. The molecule has 0 spiro atoms. The maximum atomic E-state index is 11.6. The van der Waals surface area contributed by atoms with E-state index >= 15 is 0 Å². The van der Waals surface area contributed by atoms with E-state index in [4.69, 9.17) is 5.11 Å². The molecule has 0 heterocycles. The summed E-state index contributed by atoms with van der Waals surface area (Å²) in [4.78, 5) is 22.5. The predicted octanol–water partition coefficient (Wildman–Crippen LogP) is -0.162. The second-order valence-electron chi connectivity index (χ2n) is 4.68. The molecule has 1 saturated carbocycles. The van der Waals surface area contributed by atoms with Crippen LogP contribution in [0.2, 0.25) is 0 Å². The summed E-state index contributed by atoms with van der Waals surface area (Å²) in [5.74, 6) is -1.83. The highest BCUT2D eigenvalue weighted by Crippen LogP contribution is 2.58. The molecule has 6 heteroatoms. The van der Waals surface area contributed by atoms with Crippen LogP contribution < -0.4 is 5.32 Å². The van der Waals surface area contributed by atoms with E-state index in [9.17, 15) is 13.8 Å². The molecule has 1 aliphatic carbocycles. The molecule has 0 aliphatic heterocycles. The Hall–Kier alpha value is -0.910. The second-order valence-corrected chi connectivity index (χ2v) is 6.24. The first-order valence-corrected chi connectivity index (χ1v) is 6.81. The monoisotopic (exact) mass is 247 g/mol. The summed E-state index contributed by atoms with van der Waals surface area (Å²) in [6.07, 6.45) is 1.56. The Bertz CT molecular complexity index is 340. The number of carbonyl (C=O) groups excluding carboxylic acids is 1. The van der Waals surface area contributed by atoms with Gasteiger partial charge in [-0.25, -0.2) is 0 Å². The third-order valence-electron chi connectivity index (χ3n) is 3.06. The summed E-state index contributed by atoms with van der Waals surface area (Å²) in [7, 11) is -0.943. The first-order valence-electron chi connectivity index (χ1n) is 5.09. The van der Waals surface area contributed by atoms with E-state index in [0.29, 0.717) is 12.3 Å². The molecule has 1 rings (SSSR count). The van der Waals surface area contributed by atoms with Gasteiger partial charge in [-0.1, -0.05) is 13.8 Å². The smallest absolute Gasteiger partial charge is 0.307 e. The van der Waals surface area contributed by atoms with Gasteiger partial charge in [-0.2, -0.15) is 0 Å². The minimum atomic E-state index is -0.943. The highest BCUT2D eigenvalue weighted by Gasteiger charge is 2.65. The number of aliphatic carboxylic acids is 1. The molecule has 92 valence electrons. The number of carboxylic acids is 1. The van der Waals surface area contributed by atoms with Gasteiger partial charge in [-0.05, 0) is 5.41 Å². The Morgan fingerprint density at radius 2 is 1.94 bits per heavy atom. The summed E-state index contributed by atoms with van der Waals surface area (Å²) < 4.78 is 10.8. The largest absolute Gasteiger partial charge is 0.481 e. The van der Waals surface area contributed by atoms with E-state index in [1.807, 2.05) is 0 Å². The Morgan fingerprint density at radius 1 is 1.38 bits per heavy atom. The maximum absolute atomic E-state index is 11.6. The van der Waals surface area contributed by atoms with E-state index < -0.39 is 34.0 Å². The van der Waals surface area contributed by atoms with Gasteiger partial charge in [0.05, 0.1) is 11.8 Å². The average molecular weight is 247 g/mol. The summed E-state index contributed by atoms with van der Waals surface area (Å²) in [6, 6.07) is 0. The number of amides is 1. The Balaban J connectivity index is 2.45. The topological polar surface area (TPSA) is 83.5 Å². The van der Waals surface area contributed by atoms with Crippen molar-refractivity contribution in [2.75, 3.05) is 18.6 Å². The fourth-order valence-electron chi connectivity index (χ4n) is 2.02. The molecular formula is C10H17NO4S. The van der Waals surface area contributed by atoms with Gasteiger partial charge in [-0.3, -0.25) is 13.8 Å². The molecule has 1 aliphatic rings. The quantitative estimate of drug-likeness (QED) is 0.707. The normalized spacial score (nSPS) is 28.2. The van der Waals surface area contributed by atoms with E-state index in [-0.39, 0.29) is 5.91 Å². The van der Waals surface area contributed by atoms with Crippen molar-refractivity contribution in [1.29, 1.82) is 0 Å². The highest BCUT2D eigenvalue weighted by atomic mass is 32.2. The summed E-state index contributed by atoms with van der Waals surface area (Å²) in [5, 5.41) is 11.5. The van der Waals surface area contributed by atoms with Gasteiger partial charge in [0.15, 0.2) is 0 Å². The van der Waals surface area contributed by atoms with Crippen molar-refractivity contribution < 1.29 is 18.9 Å². The van der Waals surface area contributed by atoms with Crippen molar-refractivity contribution in [2.24, 2.45) is 17.3 Å². The van der Waals surface area contributed by atoms with E-state index in [2.05, 4.69) is 5.32 Å². The molecule has 2 N–H and O–H groups in total. The molecule has 0 aromatic heterocycles. The molecule has 3 atom stereocenters. The number of carboxylic acid groups (broad SMARTS) is 1. The van der Waals surface area contributed by atoms with Crippen molar-refractivity contribution in [1.82, 2.24) is 5.32 Å². The van der Waals surface area contributed by atoms with Gasteiger partial charge in [0, 0.05) is 29.4 Å². The minimum Gasteiger partial charge on any atom is -0.481 e. The van der Waals surface area contributed by atoms with Gasteiger partial charge >= 0.3 is 5.97 Å². The van der Waals surface area contributed by atoms with Gasteiger partial charge < -0.3 is 10.4 Å². The van der Waals surface area contributed by atoms with Crippen LogP contribution in [-0.4, -0.2) is 39.7 Å². The summed E-state index contributed by atoms with van der Waals surface area (Å²) >= 11 is 0. The maximum Gasteiger partial charge on any atom is 0.307 e. The van der Waals surface area contributed by atoms with Crippen LogP contribution in [0.5, 0.6) is 0 Å². The number of rotatable bonds is 5. The fourth-order valence-corrected chi connectivity index (χ4v) is 2.41. The SMILES string of the molecule is CS(=O)CCNC(=O)C1C(C(=O)O)C1(C)C. The molecule has 5 nitrogen and oxygen atoms in total. The van der Waals surface area contributed by atoms with Crippen molar-refractivity contribution in [2.45, 2.75) is 13.8 Å². The lowest BCUT2D eigenvalue weighted by Gasteiger charge is -2.04. The molecule has 0 aromatic rings. The summed E-state index contributed by atoms with van der Waals surface area (Å²) in [5.41, 5.74) is -0.471. The zero-order valence-electron chi connectivity index (χ0n) is 9.65. The zero-order chi connectivity index (χ0) is 12.5. The molecule has 0 bridgehead atoms. The van der Waals surface area contributed by atoms with Gasteiger partial charge in [0.25, 0.3) is 0 Å². The van der Waals surface area contributed by atoms with E-state index in [0.717, 1.165) is 0 Å². The lowest BCUT2D eigenvalue weighted by molar-refractivity contribution is -0.140. The Morgan fingerprint density at radius 3 is 2.31 bits per heavy atom. The number of hydrogen-bond donors (Lipinski definition) is 2. The lowest BCUT2D eigenvalue weighted by Crippen LogP contribution is -2.30. The molecule has 3 unspecified atom stereocenters. The van der Waals surface area contributed by atoms with Crippen LogP contribution in [0, 0.1) is 17.3 Å². The summed E-state index contributed by atoms with van der Waals surface area (Å²) in [6.45, 7) is 3.88. The van der Waals surface area contributed by atoms with Gasteiger partial charge in [-0.15, -0.1) is 0 Å². The number of nitrogens with one attached hydrogen (secondary N) is 1. The third kappa shape index (κ3) is 2.61. The molecule has 0 radical (unpaired) electrons. The Kier molecular flexibility index (Phi) is 3.72. The molecule has 16 heavy (non-hydrogen) atoms. The highest BCUT2D eigenvalue weighted by molar-refractivity contribution is 7.84. The Labute approximate surface area is 97.1 Å². The minimum absolute atomic E-state index is 0.247. The van der Waals surface area contributed by atoms with Crippen LogP contribution in [-0.2, 0) is 20.4 Å². The van der Waals surface area contributed by atoms with Gasteiger partial charge in [0.1, 0.15) is 0 Å². The number of hydrogen-bond acceptors (Lipinski definition) is 3. The van der Waals surface area contributed by atoms with Crippen LogP contribution >= 0.6 is 0 Å². The van der Waals surface area contributed by atoms with Crippen LogP contribution in [0.3, 0.4) is 0 Å². The molecule has 1 fully saturated rings. The van der Waals surface area contributed by atoms with Crippen LogP contribution in [0.4, 0.5) is 0 Å². The standard InChI is InChI=1S/C10H17NO4S/c1-10(2)6(7(10)9(13)14)8(12)11-4-5-16(3)15/h6-7H,4-5H2,1-3H3,(H,11,12)(H,13,14). The van der Waals surface area contributed by atoms with Gasteiger partial charge in [0.2, 0.25) is 5.91 Å². The molecular weight excluding hydrogens is 230 g/mol. The predicted molar refractivity (Wildman–Crippen MR) is 60.3 cm³/mol. The van der Waals surface area contributed by atoms with Crippen LogP contribution in [0.25, 0.3) is 0 Å². The van der Waals surface area contributed by atoms with Crippen LogP contribution in [0.1, 0.15) is 13.8 Å². The van der Waals surface area contributed by atoms with Crippen molar-refractivity contribution in [3.63, 3.8) is 0 Å². The van der Waals surface area contributed by atoms with Crippen molar-refractivity contribution in [3.05, 3.63) is 0 Å². The number of carbonyl (C=O) groups is 2. The average Bonchev–Trinajstić information content (AvgIpc) is 2.68. The first kappa shape index (κ1) is 13.2.